The van der Waals surface area contributed by atoms with Crippen molar-refractivity contribution in [2.75, 3.05) is 37.7 Å². The lowest BCUT2D eigenvalue weighted by molar-refractivity contribution is -0.139. The van der Waals surface area contributed by atoms with Crippen molar-refractivity contribution in [1.82, 2.24) is 14.9 Å². The van der Waals surface area contributed by atoms with E-state index in [-0.39, 0.29) is 23.6 Å². The average molecular weight is 355 g/mol. The SMILES string of the molecule is NCCOC1CCN(C2CCN(c3ncc(C(F)F)cn3)CC2)C1=O. The molecule has 0 saturated carbocycles. The highest BCUT2D eigenvalue weighted by molar-refractivity contribution is 5.83. The summed E-state index contributed by atoms with van der Waals surface area (Å²) in [7, 11) is 0. The van der Waals surface area contributed by atoms with Gasteiger partial charge in [0.1, 0.15) is 6.10 Å². The Labute approximate surface area is 145 Å². The summed E-state index contributed by atoms with van der Waals surface area (Å²) in [5.74, 6) is 0.504. The van der Waals surface area contributed by atoms with Crippen LogP contribution in [-0.2, 0) is 9.53 Å². The van der Waals surface area contributed by atoms with Gasteiger partial charge in [-0.3, -0.25) is 4.79 Å². The second-order valence-corrected chi connectivity index (χ2v) is 6.30. The minimum atomic E-state index is -2.56. The van der Waals surface area contributed by atoms with Crippen LogP contribution >= 0.6 is 0 Å². The highest BCUT2D eigenvalue weighted by atomic mass is 19.3. The van der Waals surface area contributed by atoms with E-state index in [2.05, 4.69) is 9.97 Å². The van der Waals surface area contributed by atoms with Crippen LogP contribution in [-0.4, -0.2) is 65.7 Å². The Kier molecular flexibility index (Phi) is 5.74. The van der Waals surface area contributed by atoms with E-state index in [1.807, 2.05) is 9.80 Å². The number of carbonyl (C=O) groups is 1. The smallest absolute Gasteiger partial charge is 0.266 e. The van der Waals surface area contributed by atoms with Crippen LogP contribution in [0.5, 0.6) is 0 Å². The van der Waals surface area contributed by atoms with E-state index in [9.17, 15) is 13.6 Å². The van der Waals surface area contributed by atoms with Gasteiger partial charge in [-0.05, 0) is 12.8 Å². The van der Waals surface area contributed by atoms with E-state index < -0.39 is 6.43 Å². The van der Waals surface area contributed by atoms with Gasteiger partial charge in [-0.2, -0.15) is 0 Å². The van der Waals surface area contributed by atoms with Crippen molar-refractivity contribution < 1.29 is 18.3 Å². The molecule has 3 rings (SSSR count). The Morgan fingerprint density at radius 3 is 2.48 bits per heavy atom. The van der Waals surface area contributed by atoms with Gasteiger partial charge in [0.05, 0.1) is 12.2 Å². The summed E-state index contributed by atoms with van der Waals surface area (Å²) in [5, 5.41) is 0. The minimum absolute atomic E-state index is 0.0458. The second kappa shape index (κ2) is 8.01. The zero-order valence-electron chi connectivity index (χ0n) is 14.0. The van der Waals surface area contributed by atoms with E-state index in [4.69, 9.17) is 10.5 Å². The molecule has 7 nitrogen and oxygen atoms in total. The van der Waals surface area contributed by atoms with Crippen molar-refractivity contribution >= 4 is 11.9 Å². The molecule has 1 atom stereocenters. The molecule has 3 heterocycles. The Morgan fingerprint density at radius 1 is 1.20 bits per heavy atom. The maximum atomic E-state index is 12.6. The summed E-state index contributed by atoms with van der Waals surface area (Å²) in [6, 6.07) is 0.176. The first kappa shape index (κ1) is 17.9. The number of nitrogens with two attached hydrogens (primary N) is 1. The number of anilines is 1. The molecule has 2 N–H and O–H groups in total. The van der Waals surface area contributed by atoms with E-state index in [1.165, 1.54) is 12.4 Å². The predicted molar refractivity (Wildman–Crippen MR) is 87.3 cm³/mol. The van der Waals surface area contributed by atoms with Gasteiger partial charge in [-0.25, -0.2) is 18.7 Å². The van der Waals surface area contributed by atoms with Gasteiger partial charge < -0.3 is 20.3 Å². The van der Waals surface area contributed by atoms with Crippen molar-refractivity contribution in [2.45, 2.75) is 37.8 Å². The fourth-order valence-electron chi connectivity index (χ4n) is 3.39. The number of amides is 1. The molecule has 25 heavy (non-hydrogen) atoms. The number of hydrogen-bond donors (Lipinski definition) is 1. The van der Waals surface area contributed by atoms with Crippen molar-refractivity contribution in [1.29, 1.82) is 0 Å². The number of nitrogens with zero attached hydrogens (tertiary/aromatic N) is 4. The maximum Gasteiger partial charge on any atom is 0.266 e. The van der Waals surface area contributed by atoms with Crippen LogP contribution in [0, 0.1) is 0 Å². The number of rotatable bonds is 6. The number of alkyl halides is 2. The van der Waals surface area contributed by atoms with Gasteiger partial charge in [-0.1, -0.05) is 0 Å². The summed E-state index contributed by atoms with van der Waals surface area (Å²) < 4.78 is 30.6. The van der Waals surface area contributed by atoms with E-state index in [0.29, 0.717) is 45.2 Å². The van der Waals surface area contributed by atoms with E-state index in [1.54, 1.807) is 0 Å². The first-order valence-electron chi connectivity index (χ1n) is 8.57. The lowest BCUT2D eigenvalue weighted by atomic mass is 10.0. The maximum absolute atomic E-state index is 12.6. The normalized spacial score (nSPS) is 22.2. The Hall–Kier alpha value is -1.87. The number of hydrogen-bond acceptors (Lipinski definition) is 6. The van der Waals surface area contributed by atoms with Crippen LogP contribution < -0.4 is 10.6 Å². The van der Waals surface area contributed by atoms with Gasteiger partial charge in [0.15, 0.2) is 0 Å². The molecule has 2 aliphatic rings. The van der Waals surface area contributed by atoms with Crippen LogP contribution in [0.15, 0.2) is 12.4 Å². The number of likely N-dealkylation sites (tertiary alicyclic amines) is 1. The molecule has 0 aromatic carbocycles. The molecule has 0 spiro atoms. The van der Waals surface area contributed by atoms with Gasteiger partial charge in [-0.15, -0.1) is 0 Å². The predicted octanol–water partition coefficient (Wildman–Crippen LogP) is 0.959. The monoisotopic (exact) mass is 355 g/mol. The summed E-state index contributed by atoms with van der Waals surface area (Å²) in [5.41, 5.74) is 5.24. The molecule has 0 radical (unpaired) electrons. The molecule has 2 fully saturated rings. The number of piperidine rings is 1. The average Bonchev–Trinajstić information content (AvgIpc) is 3.01. The molecule has 0 bridgehead atoms. The van der Waals surface area contributed by atoms with Crippen LogP contribution in [0.2, 0.25) is 0 Å². The molecule has 1 unspecified atom stereocenters. The van der Waals surface area contributed by atoms with Crippen molar-refractivity contribution in [3.63, 3.8) is 0 Å². The standard InChI is InChI=1S/C16H23F2N5O2/c17-14(18)11-9-20-16(21-10-11)22-5-1-12(2-6-22)23-7-3-13(15(23)24)25-8-4-19/h9-10,12-14H,1-8,19H2. The molecule has 138 valence electrons. The molecule has 9 heteroatoms. The summed E-state index contributed by atoms with van der Waals surface area (Å²) in [6.45, 7) is 2.90. The summed E-state index contributed by atoms with van der Waals surface area (Å²) in [6.07, 6.45) is 1.72. The topological polar surface area (TPSA) is 84.6 Å². The first-order chi connectivity index (χ1) is 12.1. The molecule has 0 aliphatic carbocycles. The zero-order chi connectivity index (χ0) is 17.8. The minimum Gasteiger partial charge on any atom is -0.367 e. The quantitative estimate of drug-likeness (QED) is 0.818. The number of halogens is 2. The fraction of sp³-hybridized carbons (Fsp3) is 0.688. The lowest BCUT2D eigenvalue weighted by Gasteiger charge is -2.36. The van der Waals surface area contributed by atoms with Crippen LogP contribution in [0.4, 0.5) is 14.7 Å². The third-order valence-electron chi connectivity index (χ3n) is 4.73. The lowest BCUT2D eigenvalue weighted by Crippen LogP contribution is -2.47. The Bertz CT molecular complexity index is 578. The van der Waals surface area contributed by atoms with Crippen LogP contribution in [0.3, 0.4) is 0 Å². The fourth-order valence-corrected chi connectivity index (χ4v) is 3.39. The molecular formula is C16H23F2N5O2. The van der Waals surface area contributed by atoms with E-state index >= 15 is 0 Å². The Balaban J connectivity index is 1.53. The highest BCUT2D eigenvalue weighted by Gasteiger charge is 2.37. The third-order valence-corrected chi connectivity index (χ3v) is 4.73. The van der Waals surface area contributed by atoms with Gasteiger partial charge in [0.25, 0.3) is 12.3 Å². The molecule has 1 aromatic heterocycles. The summed E-state index contributed by atoms with van der Waals surface area (Å²) in [4.78, 5) is 24.3. The van der Waals surface area contributed by atoms with Gasteiger partial charge in [0.2, 0.25) is 5.95 Å². The molecule has 1 aromatic rings. The molecular weight excluding hydrogens is 332 g/mol. The number of carbonyl (C=O) groups excluding carboxylic acids is 1. The van der Waals surface area contributed by atoms with E-state index in [0.717, 1.165) is 12.8 Å². The second-order valence-electron chi connectivity index (χ2n) is 6.30. The third kappa shape index (κ3) is 4.04. The summed E-state index contributed by atoms with van der Waals surface area (Å²) >= 11 is 0. The van der Waals surface area contributed by atoms with Crippen molar-refractivity contribution in [3.05, 3.63) is 18.0 Å². The molecule has 2 aliphatic heterocycles. The first-order valence-corrected chi connectivity index (χ1v) is 8.57. The van der Waals surface area contributed by atoms with Crippen molar-refractivity contribution in [3.8, 4) is 0 Å². The molecule has 1 amide bonds. The largest absolute Gasteiger partial charge is 0.367 e. The van der Waals surface area contributed by atoms with Gasteiger partial charge >= 0.3 is 0 Å². The zero-order valence-corrected chi connectivity index (χ0v) is 14.0. The molecule has 2 saturated heterocycles. The highest BCUT2D eigenvalue weighted by Crippen LogP contribution is 2.25. The van der Waals surface area contributed by atoms with Crippen LogP contribution in [0.1, 0.15) is 31.3 Å². The van der Waals surface area contributed by atoms with Crippen LogP contribution in [0.25, 0.3) is 0 Å². The van der Waals surface area contributed by atoms with Crippen molar-refractivity contribution in [2.24, 2.45) is 5.73 Å². The van der Waals surface area contributed by atoms with Gasteiger partial charge in [0, 0.05) is 51.0 Å². The Morgan fingerprint density at radius 2 is 1.88 bits per heavy atom. The number of ether oxygens (including phenoxy) is 1. The number of aromatic nitrogens is 2.